The quantitative estimate of drug-likeness (QED) is 0.233. The van der Waals surface area contributed by atoms with E-state index in [1.807, 2.05) is 0 Å². The predicted octanol–water partition coefficient (Wildman–Crippen LogP) is 6.68. The van der Waals surface area contributed by atoms with Gasteiger partial charge in [-0.05, 0) is 105 Å². The molecule has 0 saturated heterocycles. The number of aliphatic carboxylic acids is 1. The van der Waals surface area contributed by atoms with Crippen LogP contribution in [-0.2, 0) is 29.1 Å². The van der Waals surface area contributed by atoms with Gasteiger partial charge >= 0.3 is 11.9 Å². The molecule has 5 rings (SSSR count). The maximum atomic E-state index is 13.6. The van der Waals surface area contributed by atoms with Crippen LogP contribution in [0.3, 0.4) is 0 Å². The van der Waals surface area contributed by atoms with E-state index >= 15 is 0 Å². The normalized spacial score (nSPS) is 41.2. The molecule has 5 aliphatic rings. The summed E-state index contributed by atoms with van der Waals surface area (Å²) in [6.07, 6.45) is 8.14. The summed E-state index contributed by atoms with van der Waals surface area (Å²) in [6.45, 7) is 19.1. The number of ether oxygens (including phenoxy) is 1. The van der Waals surface area contributed by atoms with Crippen molar-refractivity contribution in [2.24, 2.45) is 50.7 Å². The molecule has 0 bridgehead atoms. The number of carboxylic acids is 1. The van der Waals surface area contributed by atoms with Gasteiger partial charge in [0.1, 0.15) is 11.9 Å². The highest BCUT2D eigenvalue weighted by atomic mass is 32.2. The van der Waals surface area contributed by atoms with E-state index in [0.29, 0.717) is 18.3 Å². The van der Waals surface area contributed by atoms with Crippen molar-refractivity contribution in [1.29, 1.82) is 0 Å². The number of esters is 1. The van der Waals surface area contributed by atoms with Gasteiger partial charge < -0.3 is 9.84 Å². The second-order valence-electron chi connectivity index (χ2n) is 17.9. The lowest BCUT2D eigenvalue weighted by Crippen LogP contribution is -2.65. The van der Waals surface area contributed by atoms with Gasteiger partial charge in [0, 0.05) is 17.8 Å². The van der Waals surface area contributed by atoms with Gasteiger partial charge in [-0.1, -0.05) is 54.0 Å². The number of nitrogens with one attached hydrogen (secondary N) is 1. The Morgan fingerprint density at radius 2 is 1.64 bits per heavy atom. The van der Waals surface area contributed by atoms with Gasteiger partial charge in [-0.2, -0.15) is 0 Å². The van der Waals surface area contributed by atoms with Crippen LogP contribution in [-0.4, -0.2) is 49.1 Å². The molecule has 8 atom stereocenters. The van der Waals surface area contributed by atoms with Crippen LogP contribution >= 0.6 is 0 Å². The van der Waals surface area contributed by atoms with Gasteiger partial charge in [0.2, 0.25) is 10.0 Å². The van der Waals surface area contributed by atoms with Crippen LogP contribution in [0.15, 0.2) is 11.1 Å². The summed E-state index contributed by atoms with van der Waals surface area (Å²) < 4.78 is 34.5. The van der Waals surface area contributed by atoms with Gasteiger partial charge in [0.25, 0.3) is 0 Å². The number of ketones is 1. The Morgan fingerprint density at radius 1 is 1.00 bits per heavy atom. The standard InChI is InChI=1S/C36H57NO7S/c1-21(2)28-23(38)19-36(37-45(10,42)43)18-17-34(8)22(29(28)36)11-12-25-33(7)15-14-26(44-27(39)20-31(3,4)30(40)41)32(5,6)24(33)13-16-35(25,34)9/h21,24-26,28,37H,11-20H2,1-10H3,(H,40,41)/t24-,25+,26-,28?,33-,34+,35+,36+/m0/s1. The molecule has 0 aromatic rings. The van der Waals surface area contributed by atoms with Crippen LogP contribution in [0, 0.1) is 50.7 Å². The molecule has 0 radical (unpaired) electrons. The smallest absolute Gasteiger partial charge is 0.309 e. The summed E-state index contributed by atoms with van der Waals surface area (Å²) in [6, 6.07) is 0. The van der Waals surface area contributed by atoms with E-state index in [-0.39, 0.29) is 58.2 Å². The molecule has 9 heteroatoms. The number of hydrogen-bond acceptors (Lipinski definition) is 6. The largest absolute Gasteiger partial charge is 0.481 e. The highest BCUT2D eigenvalue weighted by Crippen LogP contribution is 2.75. The second-order valence-corrected chi connectivity index (χ2v) is 19.6. The number of carboxylic acid groups (broad SMARTS) is 1. The molecule has 4 fully saturated rings. The molecule has 0 aromatic carbocycles. The minimum atomic E-state index is -3.52. The van der Waals surface area contributed by atoms with Gasteiger partial charge in [-0.25, -0.2) is 13.1 Å². The number of carbonyl (C=O) groups is 3. The van der Waals surface area contributed by atoms with E-state index < -0.39 is 32.9 Å². The average molecular weight is 648 g/mol. The average Bonchev–Trinajstić information content (AvgIpc) is 3.16. The topological polar surface area (TPSA) is 127 Å². The first kappa shape index (κ1) is 34.6. The summed E-state index contributed by atoms with van der Waals surface area (Å²) in [5.74, 6) is -0.658. The first-order valence-electron chi connectivity index (χ1n) is 17.1. The van der Waals surface area contributed by atoms with E-state index in [0.717, 1.165) is 50.5 Å². The SMILES string of the molecule is CC(C)C1C(=O)C[C@]2(NS(C)(=O)=O)CC[C@]3(C)C(=C12)CC[C@@H]1[C@@]2(C)CC[C@H](OC(=O)CC(C)(C)C(=O)O)C(C)(C)[C@@H]2CC[C@]13C. The third-order valence-corrected chi connectivity index (χ3v) is 14.9. The molecule has 0 spiro atoms. The Kier molecular flexibility index (Phi) is 8.17. The highest BCUT2D eigenvalue weighted by Gasteiger charge is 2.69. The fourth-order valence-corrected chi connectivity index (χ4v) is 12.8. The minimum absolute atomic E-state index is 0.0195. The van der Waals surface area contributed by atoms with Crippen molar-refractivity contribution in [3.63, 3.8) is 0 Å². The summed E-state index contributed by atoms with van der Waals surface area (Å²) >= 11 is 0. The first-order chi connectivity index (χ1) is 20.5. The molecular weight excluding hydrogens is 590 g/mol. The Morgan fingerprint density at radius 3 is 2.22 bits per heavy atom. The van der Waals surface area contributed by atoms with E-state index in [2.05, 4.69) is 53.2 Å². The van der Waals surface area contributed by atoms with Crippen molar-refractivity contribution in [3.8, 4) is 0 Å². The van der Waals surface area contributed by atoms with Crippen molar-refractivity contribution < 1.29 is 32.6 Å². The molecule has 0 aromatic heterocycles. The number of Topliss-reactive ketones (excluding diaryl/α,β-unsaturated/α-hetero) is 1. The van der Waals surface area contributed by atoms with E-state index in [9.17, 15) is 27.9 Å². The van der Waals surface area contributed by atoms with Crippen LogP contribution in [0.1, 0.15) is 127 Å². The van der Waals surface area contributed by atoms with Crippen molar-refractivity contribution in [1.82, 2.24) is 4.72 Å². The Labute approximate surface area is 270 Å². The monoisotopic (exact) mass is 647 g/mol. The summed E-state index contributed by atoms with van der Waals surface area (Å²) in [5, 5.41) is 9.54. The molecule has 45 heavy (non-hydrogen) atoms. The Balaban J connectivity index is 1.49. The number of fused-ring (bicyclic) bond motifs is 6. The zero-order valence-electron chi connectivity index (χ0n) is 29.3. The molecule has 5 aliphatic carbocycles. The second kappa shape index (κ2) is 10.6. The third kappa shape index (κ3) is 5.16. The lowest BCUT2D eigenvalue weighted by Gasteiger charge is -2.70. The molecule has 1 unspecified atom stereocenters. The van der Waals surface area contributed by atoms with E-state index in [1.165, 1.54) is 11.8 Å². The molecule has 8 nitrogen and oxygen atoms in total. The molecule has 254 valence electrons. The van der Waals surface area contributed by atoms with Crippen LogP contribution < -0.4 is 4.72 Å². The van der Waals surface area contributed by atoms with Crippen LogP contribution in [0.5, 0.6) is 0 Å². The Hall–Kier alpha value is -1.74. The fraction of sp³-hybridized carbons (Fsp3) is 0.861. The molecule has 0 aliphatic heterocycles. The molecule has 2 N–H and O–H groups in total. The molecule has 0 amide bonds. The number of sulfonamides is 1. The maximum absolute atomic E-state index is 13.6. The van der Waals surface area contributed by atoms with Gasteiger partial charge in [-0.15, -0.1) is 0 Å². The van der Waals surface area contributed by atoms with Crippen LogP contribution in [0.25, 0.3) is 0 Å². The van der Waals surface area contributed by atoms with Crippen LogP contribution in [0.4, 0.5) is 0 Å². The lowest BCUT2D eigenvalue weighted by atomic mass is 9.34. The number of hydrogen-bond donors (Lipinski definition) is 2. The van der Waals surface area contributed by atoms with E-state index in [4.69, 9.17) is 4.74 Å². The lowest BCUT2D eigenvalue weighted by molar-refractivity contribution is -0.214. The Bertz CT molecular complexity index is 1430. The van der Waals surface area contributed by atoms with Gasteiger partial charge in [0.05, 0.1) is 23.6 Å². The fourth-order valence-electron chi connectivity index (χ4n) is 11.8. The predicted molar refractivity (Wildman–Crippen MR) is 174 cm³/mol. The van der Waals surface area contributed by atoms with Crippen molar-refractivity contribution in [3.05, 3.63) is 11.1 Å². The molecular formula is C36H57NO7S. The summed E-state index contributed by atoms with van der Waals surface area (Å²) in [7, 11) is -3.52. The van der Waals surface area contributed by atoms with Crippen molar-refractivity contribution in [2.75, 3.05) is 6.26 Å². The van der Waals surface area contributed by atoms with Gasteiger partial charge in [-0.3, -0.25) is 14.4 Å². The first-order valence-corrected chi connectivity index (χ1v) is 19.0. The van der Waals surface area contributed by atoms with E-state index in [1.54, 1.807) is 13.8 Å². The number of rotatable bonds is 7. The van der Waals surface area contributed by atoms with Crippen molar-refractivity contribution >= 4 is 27.7 Å². The zero-order valence-corrected chi connectivity index (χ0v) is 30.1. The van der Waals surface area contributed by atoms with Crippen molar-refractivity contribution in [2.45, 2.75) is 138 Å². The summed E-state index contributed by atoms with van der Waals surface area (Å²) in [4.78, 5) is 38.2. The number of carbonyl (C=O) groups excluding carboxylic acids is 2. The van der Waals surface area contributed by atoms with Gasteiger partial charge in [0.15, 0.2) is 0 Å². The number of allylic oxidation sites excluding steroid dienone is 1. The van der Waals surface area contributed by atoms with Crippen LogP contribution in [0.2, 0.25) is 0 Å². The minimum Gasteiger partial charge on any atom is -0.481 e. The maximum Gasteiger partial charge on any atom is 0.309 e. The molecule has 0 heterocycles. The third-order valence-electron chi connectivity index (χ3n) is 14.1. The molecule has 4 saturated carbocycles. The highest BCUT2D eigenvalue weighted by molar-refractivity contribution is 7.88. The zero-order chi connectivity index (χ0) is 33.8. The summed E-state index contributed by atoms with van der Waals surface area (Å²) in [5.41, 5.74) is 0.0578.